The van der Waals surface area contributed by atoms with E-state index in [1.54, 1.807) is 0 Å². The Kier molecular flexibility index (Phi) is 2.84. The molecule has 7 heteroatoms. The molecule has 16 heavy (non-hydrogen) atoms. The first-order valence-corrected chi connectivity index (χ1v) is 5.18. The van der Waals surface area contributed by atoms with E-state index in [1.807, 2.05) is 6.92 Å². The molecule has 1 aliphatic heterocycles. The van der Waals surface area contributed by atoms with Crippen molar-refractivity contribution in [2.45, 2.75) is 25.8 Å². The Morgan fingerprint density at radius 2 is 2.44 bits per heavy atom. The molecule has 2 amide bonds. The van der Waals surface area contributed by atoms with Crippen LogP contribution in [0.15, 0.2) is 0 Å². The quantitative estimate of drug-likeness (QED) is 0.611. The molecule has 1 aromatic rings. The fourth-order valence-corrected chi connectivity index (χ4v) is 1.51. The largest absolute Gasteiger partial charge is 0.354 e. The van der Waals surface area contributed by atoms with Gasteiger partial charge in [-0.3, -0.25) is 14.7 Å². The van der Waals surface area contributed by atoms with Gasteiger partial charge in [-0.2, -0.15) is 0 Å². The summed E-state index contributed by atoms with van der Waals surface area (Å²) in [4.78, 5) is 26.6. The van der Waals surface area contributed by atoms with Crippen molar-refractivity contribution in [3.8, 4) is 0 Å². The summed E-state index contributed by atoms with van der Waals surface area (Å²) >= 11 is 0. The van der Waals surface area contributed by atoms with E-state index >= 15 is 0 Å². The van der Waals surface area contributed by atoms with Crippen molar-refractivity contribution in [3.63, 3.8) is 0 Å². The number of aromatic nitrogens is 3. The van der Waals surface area contributed by atoms with Crippen molar-refractivity contribution in [2.75, 3.05) is 6.54 Å². The normalized spacial score (nSPS) is 19.6. The molecule has 0 saturated carbocycles. The van der Waals surface area contributed by atoms with E-state index in [-0.39, 0.29) is 23.7 Å². The standard InChI is InChI=1S/C9H13N5O2/c1-2-6-12-8(14-13-6)9(16)11-5-3-7(15)10-4-5/h5H,2-4H2,1H3,(H,10,15)(H,11,16)(H,12,13,14). The third kappa shape index (κ3) is 2.18. The van der Waals surface area contributed by atoms with Crippen LogP contribution in [0.3, 0.4) is 0 Å². The van der Waals surface area contributed by atoms with E-state index in [9.17, 15) is 9.59 Å². The second-order valence-corrected chi connectivity index (χ2v) is 3.64. The average Bonchev–Trinajstić information content (AvgIpc) is 2.87. The number of H-pyrrole nitrogens is 1. The summed E-state index contributed by atoms with van der Waals surface area (Å²) in [7, 11) is 0. The van der Waals surface area contributed by atoms with E-state index in [0.717, 1.165) is 0 Å². The third-order valence-electron chi connectivity index (χ3n) is 2.38. The minimum atomic E-state index is -0.350. The molecule has 3 N–H and O–H groups in total. The maximum atomic E-state index is 11.6. The van der Waals surface area contributed by atoms with Crippen LogP contribution >= 0.6 is 0 Å². The molecule has 0 bridgehead atoms. The zero-order chi connectivity index (χ0) is 11.5. The Labute approximate surface area is 92.0 Å². The van der Waals surface area contributed by atoms with Gasteiger partial charge in [0, 0.05) is 19.4 Å². The van der Waals surface area contributed by atoms with Gasteiger partial charge in [0.05, 0.1) is 6.04 Å². The van der Waals surface area contributed by atoms with Gasteiger partial charge in [-0.1, -0.05) is 6.92 Å². The number of hydrogen-bond acceptors (Lipinski definition) is 4. The fraction of sp³-hybridized carbons (Fsp3) is 0.556. The third-order valence-corrected chi connectivity index (χ3v) is 2.38. The van der Waals surface area contributed by atoms with Crippen LogP contribution in [-0.2, 0) is 11.2 Å². The molecule has 0 aliphatic carbocycles. The molecule has 1 aromatic heterocycles. The summed E-state index contributed by atoms with van der Waals surface area (Å²) in [5, 5.41) is 11.8. The van der Waals surface area contributed by atoms with Gasteiger partial charge < -0.3 is 10.6 Å². The molecule has 1 aliphatic rings. The molecular formula is C9H13N5O2. The maximum Gasteiger partial charge on any atom is 0.291 e. The van der Waals surface area contributed by atoms with Gasteiger partial charge in [0.15, 0.2) is 0 Å². The van der Waals surface area contributed by atoms with Crippen molar-refractivity contribution in [1.82, 2.24) is 25.8 Å². The van der Waals surface area contributed by atoms with Gasteiger partial charge in [0.1, 0.15) is 5.82 Å². The lowest BCUT2D eigenvalue weighted by Gasteiger charge is -2.07. The van der Waals surface area contributed by atoms with Crippen molar-refractivity contribution < 1.29 is 9.59 Å². The SMILES string of the molecule is CCc1nc(C(=O)NC2CNC(=O)C2)n[nH]1. The summed E-state index contributed by atoms with van der Waals surface area (Å²) in [6, 6.07) is -0.163. The van der Waals surface area contributed by atoms with Gasteiger partial charge in [0.2, 0.25) is 11.7 Å². The molecule has 2 heterocycles. The molecule has 1 unspecified atom stereocenters. The molecule has 0 aromatic carbocycles. The zero-order valence-electron chi connectivity index (χ0n) is 8.91. The Morgan fingerprint density at radius 3 is 3.00 bits per heavy atom. The Balaban J connectivity index is 1.95. The van der Waals surface area contributed by atoms with Crippen LogP contribution in [-0.4, -0.2) is 39.6 Å². The predicted molar refractivity (Wildman–Crippen MR) is 54.6 cm³/mol. The molecule has 7 nitrogen and oxygen atoms in total. The molecule has 86 valence electrons. The van der Waals surface area contributed by atoms with E-state index in [0.29, 0.717) is 25.2 Å². The van der Waals surface area contributed by atoms with Crippen molar-refractivity contribution >= 4 is 11.8 Å². The number of nitrogens with one attached hydrogen (secondary N) is 3. The molecule has 1 saturated heterocycles. The number of carbonyl (C=O) groups is 2. The van der Waals surface area contributed by atoms with Crippen LogP contribution < -0.4 is 10.6 Å². The van der Waals surface area contributed by atoms with Crippen LogP contribution in [0.25, 0.3) is 0 Å². The Hall–Kier alpha value is -1.92. The Morgan fingerprint density at radius 1 is 1.62 bits per heavy atom. The first kappa shape index (κ1) is 10.6. The molecule has 1 atom stereocenters. The van der Waals surface area contributed by atoms with Crippen LogP contribution in [0.1, 0.15) is 29.8 Å². The van der Waals surface area contributed by atoms with E-state index in [4.69, 9.17) is 0 Å². The summed E-state index contributed by atoms with van der Waals surface area (Å²) in [6.45, 7) is 2.39. The monoisotopic (exact) mass is 223 g/mol. The highest BCUT2D eigenvalue weighted by molar-refractivity contribution is 5.91. The van der Waals surface area contributed by atoms with Crippen molar-refractivity contribution in [1.29, 1.82) is 0 Å². The van der Waals surface area contributed by atoms with Crippen LogP contribution in [0.4, 0.5) is 0 Å². The minimum absolute atomic E-state index is 0.0467. The lowest BCUT2D eigenvalue weighted by atomic mass is 10.2. The van der Waals surface area contributed by atoms with E-state index in [1.165, 1.54) is 0 Å². The van der Waals surface area contributed by atoms with Gasteiger partial charge in [0.25, 0.3) is 5.91 Å². The molecule has 0 radical (unpaired) electrons. The Bertz CT molecular complexity index is 414. The number of hydrogen-bond donors (Lipinski definition) is 3. The smallest absolute Gasteiger partial charge is 0.291 e. The molecule has 2 rings (SSSR count). The maximum absolute atomic E-state index is 11.6. The number of aromatic amines is 1. The van der Waals surface area contributed by atoms with Gasteiger partial charge in [-0.15, -0.1) is 5.10 Å². The first-order valence-electron chi connectivity index (χ1n) is 5.18. The van der Waals surface area contributed by atoms with Crippen LogP contribution in [0.2, 0.25) is 0 Å². The number of rotatable bonds is 3. The van der Waals surface area contributed by atoms with Gasteiger partial charge in [-0.25, -0.2) is 4.98 Å². The van der Waals surface area contributed by atoms with Crippen molar-refractivity contribution in [3.05, 3.63) is 11.6 Å². The minimum Gasteiger partial charge on any atom is -0.354 e. The highest BCUT2D eigenvalue weighted by Gasteiger charge is 2.24. The lowest BCUT2D eigenvalue weighted by molar-refractivity contribution is -0.119. The average molecular weight is 223 g/mol. The first-order chi connectivity index (χ1) is 7.69. The summed E-state index contributed by atoms with van der Waals surface area (Å²) < 4.78 is 0. The second kappa shape index (κ2) is 4.30. The number of carbonyl (C=O) groups excluding carboxylic acids is 2. The van der Waals surface area contributed by atoms with E-state index in [2.05, 4.69) is 25.8 Å². The summed E-state index contributed by atoms with van der Waals surface area (Å²) in [6.07, 6.45) is 1.01. The van der Waals surface area contributed by atoms with Crippen LogP contribution in [0, 0.1) is 0 Å². The van der Waals surface area contributed by atoms with Crippen LogP contribution in [0.5, 0.6) is 0 Å². The molecular weight excluding hydrogens is 210 g/mol. The van der Waals surface area contributed by atoms with Gasteiger partial charge >= 0.3 is 0 Å². The summed E-state index contributed by atoms with van der Waals surface area (Å²) in [5.41, 5.74) is 0. The number of aryl methyl sites for hydroxylation is 1. The fourth-order valence-electron chi connectivity index (χ4n) is 1.51. The van der Waals surface area contributed by atoms with E-state index < -0.39 is 0 Å². The molecule has 0 spiro atoms. The highest BCUT2D eigenvalue weighted by atomic mass is 16.2. The lowest BCUT2D eigenvalue weighted by Crippen LogP contribution is -2.36. The second-order valence-electron chi connectivity index (χ2n) is 3.64. The molecule has 1 fully saturated rings. The number of amides is 2. The topological polar surface area (TPSA) is 99.8 Å². The zero-order valence-corrected chi connectivity index (χ0v) is 8.91. The highest BCUT2D eigenvalue weighted by Crippen LogP contribution is 2.01. The predicted octanol–water partition coefficient (Wildman–Crippen LogP) is -1.01. The number of nitrogens with zero attached hydrogens (tertiary/aromatic N) is 2. The van der Waals surface area contributed by atoms with Crippen molar-refractivity contribution in [2.24, 2.45) is 0 Å². The van der Waals surface area contributed by atoms with Gasteiger partial charge in [-0.05, 0) is 0 Å². The summed E-state index contributed by atoms with van der Waals surface area (Å²) in [5.74, 6) is 0.397.